The number of methoxy groups -OCH3 is 4. The lowest BCUT2D eigenvalue weighted by atomic mass is 9.98. The molecule has 1 aromatic carbocycles. The summed E-state index contributed by atoms with van der Waals surface area (Å²) in [6, 6.07) is 9.99. The van der Waals surface area contributed by atoms with Gasteiger partial charge in [0.25, 0.3) is 0 Å². The molecule has 5 atom stereocenters. The summed E-state index contributed by atoms with van der Waals surface area (Å²) in [5.74, 6) is 0.408. The summed E-state index contributed by atoms with van der Waals surface area (Å²) in [5.41, 5.74) is 1.10. The van der Waals surface area contributed by atoms with E-state index in [1.165, 1.54) is 0 Å². The second kappa shape index (κ2) is 16.5. The molecule has 1 heterocycles. The minimum atomic E-state index is -0.731. The molecule has 34 heavy (non-hydrogen) atoms. The van der Waals surface area contributed by atoms with Gasteiger partial charge in [-0.25, -0.2) is 0 Å². The van der Waals surface area contributed by atoms with Crippen molar-refractivity contribution in [3.63, 3.8) is 0 Å². The summed E-state index contributed by atoms with van der Waals surface area (Å²) in [7, 11) is 6.36. The maximum absolute atomic E-state index is 6.25. The van der Waals surface area contributed by atoms with Crippen LogP contribution < -0.4 is 0 Å². The zero-order valence-electron chi connectivity index (χ0n) is 21.3. The molecule has 0 unspecified atom stereocenters. The van der Waals surface area contributed by atoms with E-state index in [4.69, 9.17) is 42.6 Å². The van der Waals surface area contributed by atoms with Gasteiger partial charge in [-0.15, -0.1) is 0 Å². The first-order valence-electron chi connectivity index (χ1n) is 11.7. The lowest BCUT2D eigenvalue weighted by Crippen LogP contribution is -2.61. The Bertz CT molecular complexity index is 626. The van der Waals surface area contributed by atoms with Crippen molar-refractivity contribution < 1.29 is 42.6 Å². The Balaban J connectivity index is 2.01. The van der Waals surface area contributed by atoms with Gasteiger partial charge >= 0.3 is 0 Å². The fourth-order valence-electron chi connectivity index (χ4n) is 3.71. The van der Waals surface area contributed by atoms with Crippen LogP contribution in [0.4, 0.5) is 0 Å². The minimum absolute atomic E-state index is 0.162. The van der Waals surface area contributed by atoms with E-state index >= 15 is 0 Å². The third-order valence-corrected chi connectivity index (χ3v) is 5.44. The van der Waals surface area contributed by atoms with Crippen LogP contribution in [0.5, 0.6) is 0 Å². The van der Waals surface area contributed by atoms with Gasteiger partial charge in [0.2, 0.25) is 0 Å². The fraction of sp³-hybridized carbons (Fsp3) is 0.760. The molecule has 0 N–H and O–H groups in total. The van der Waals surface area contributed by atoms with Crippen LogP contribution >= 0.6 is 0 Å². The second-order valence-corrected chi connectivity index (χ2v) is 8.48. The molecule has 0 saturated carbocycles. The molecule has 0 radical (unpaired) electrons. The van der Waals surface area contributed by atoms with Gasteiger partial charge in [-0.1, -0.05) is 44.2 Å². The van der Waals surface area contributed by atoms with Gasteiger partial charge in [-0.2, -0.15) is 0 Å². The molecule has 0 aliphatic carbocycles. The summed E-state index contributed by atoms with van der Waals surface area (Å²) in [6.07, 6.45) is -3.04. The molecule has 0 bridgehead atoms. The number of hydrogen-bond acceptors (Lipinski definition) is 9. The molecular formula is C25H42O9. The van der Waals surface area contributed by atoms with Gasteiger partial charge in [-0.3, -0.25) is 0 Å². The molecule has 0 amide bonds. The standard InChI is InChI=1S/C25H42O9/c1-18(2)14-31-16-20-22(28-5)23(29-6)24(25(34-20)33-17-21(26-3)27-4)32-13-12-30-15-19-10-8-7-9-11-19/h7-11,18,20-25H,12-17H2,1-6H3/t20-,22-,23+,24+,25-/m1/s1. The molecule has 1 aliphatic heterocycles. The summed E-state index contributed by atoms with van der Waals surface area (Å²) < 4.78 is 52.1. The molecule has 1 fully saturated rings. The first kappa shape index (κ1) is 29.1. The highest BCUT2D eigenvalue weighted by molar-refractivity contribution is 5.13. The lowest BCUT2D eigenvalue weighted by Gasteiger charge is -2.45. The van der Waals surface area contributed by atoms with E-state index in [-0.39, 0.29) is 6.61 Å². The van der Waals surface area contributed by atoms with Crippen LogP contribution in [0.2, 0.25) is 0 Å². The number of ether oxygens (including phenoxy) is 9. The summed E-state index contributed by atoms with van der Waals surface area (Å²) in [4.78, 5) is 0. The van der Waals surface area contributed by atoms with Crippen LogP contribution in [0, 0.1) is 5.92 Å². The molecule has 0 spiro atoms. The second-order valence-electron chi connectivity index (χ2n) is 8.48. The predicted molar refractivity (Wildman–Crippen MR) is 126 cm³/mol. The smallest absolute Gasteiger partial charge is 0.187 e. The Labute approximate surface area is 203 Å². The predicted octanol–water partition coefficient (Wildman–Crippen LogP) is 2.65. The highest BCUT2D eigenvalue weighted by Gasteiger charge is 2.48. The van der Waals surface area contributed by atoms with Gasteiger partial charge in [0.05, 0.1) is 26.4 Å². The van der Waals surface area contributed by atoms with Gasteiger partial charge < -0.3 is 42.6 Å². The minimum Gasteiger partial charge on any atom is -0.378 e. The first-order valence-corrected chi connectivity index (χ1v) is 11.7. The van der Waals surface area contributed by atoms with Crippen molar-refractivity contribution >= 4 is 0 Å². The SMILES string of the molecule is COC(CO[C@@H]1O[C@H](COCC(C)C)[C@@H](OC)[C@H](OC)[C@@H]1OCCOCc1ccccc1)OC. The highest BCUT2D eigenvalue weighted by Crippen LogP contribution is 2.29. The number of rotatable bonds is 17. The average Bonchev–Trinajstić information content (AvgIpc) is 2.85. The molecule has 1 aromatic rings. The summed E-state index contributed by atoms with van der Waals surface area (Å²) in [5, 5.41) is 0. The van der Waals surface area contributed by atoms with Crippen LogP contribution in [-0.2, 0) is 49.2 Å². The van der Waals surface area contributed by atoms with Crippen LogP contribution in [0.15, 0.2) is 30.3 Å². The maximum atomic E-state index is 6.25. The van der Waals surface area contributed by atoms with E-state index < -0.39 is 37.0 Å². The van der Waals surface area contributed by atoms with Gasteiger partial charge in [0, 0.05) is 35.0 Å². The maximum Gasteiger partial charge on any atom is 0.187 e. The Kier molecular flexibility index (Phi) is 14.1. The van der Waals surface area contributed by atoms with E-state index in [1.807, 2.05) is 30.3 Å². The summed E-state index contributed by atoms with van der Waals surface area (Å²) >= 11 is 0. The Morgan fingerprint density at radius 2 is 1.50 bits per heavy atom. The lowest BCUT2D eigenvalue weighted by molar-refractivity contribution is -0.327. The Hall–Kier alpha value is -1.14. The Morgan fingerprint density at radius 3 is 2.12 bits per heavy atom. The van der Waals surface area contributed by atoms with Crippen LogP contribution in [0.25, 0.3) is 0 Å². The van der Waals surface area contributed by atoms with Crippen LogP contribution in [0.3, 0.4) is 0 Å². The Morgan fingerprint density at radius 1 is 0.794 bits per heavy atom. The molecule has 9 heteroatoms. The molecular weight excluding hydrogens is 444 g/mol. The van der Waals surface area contributed by atoms with E-state index in [0.29, 0.717) is 39.0 Å². The van der Waals surface area contributed by atoms with Gasteiger partial charge in [-0.05, 0) is 11.5 Å². The van der Waals surface area contributed by atoms with Crippen molar-refractivity contribution in [3.05, 3.63) is 35.9 Å². The van der Waals surface area contributed by atoms with Gasteiger partial charge in [0.1, 0.15) is 31.0 Å². The van der Waals surface area contributed by atoms with E-state index in [1.54, 1.807) is 28.4 Å². The molecule has 2 rings (SSSR count). The van der Waals surface area contributed by atoms with Crippen LogP contribution in [0.1, 0.15) is 19.4 Å². The molecule has 0 aromatic heterocycles. The third kappa shape index (κ3) is 9.49. The van der Waals surface area contributed by atoms with E-state index in [0.717, 1.165) is 5.56 Å². The fourth-order valence-corrected chi connectivity index (χ4v) is 3.71. The van der Waals surface area contributed by atoms with Crippen molar-refractivity contribution in [2.24, 2.45) is 5.92 Å². The monoisotopic (exact) mass is 486 g/mol. The quantitative estimate of drug-likeness (QED) is 0.244. The number of hydrogen-bond donors (Lipinski definition) is 0. The zero-order valence-corrected chi connectivity index (χ0v) is 21.3. The first-order chi connectivity index (χ1) is 16.5. The molecule has 9 nitrogen and oxygen atoms in total. The largest absolute Gasteiger partial charge is 0.378 e. The van der Waals surface area contributed by atoms with Crippen molar-refractivity contribution in [2.45, 2.75) is 57.5 Å². The highest BCUT2D eigenvalue weighted by atomic mass is 16.7. The normalized spacial score (nSPS) is 25.4. The van der Waals surface area contributed by atoms with Crippen molar-refractivity contribution in [1.82, 2.24) is 0 Å². The van der Waals surface area contributed by atoms with E-state index in [2.05, 4.69) is 13.8 Å². The number of benzene rings is 1. The molecule has 1 saturated heterocycles. The van der Waals surface area contributed by atoms with Crippen molar-refractivity contribution in [1.29, 1.82) is 0 Å². The topological polar surface area (TPSA) is 83.1 Å². The summed E-state index contributed by atoms with van der Waals surface area (Å²) in [6.45, 7) is 6.58. The van der Waals surface area contributed by atoms with E-state index in [9.17, 15) is 0 Å². The molecule has 196 valence electrons. The van der Waals surface area contributed by atoms with Gasteiger partial charge in [0.15, 0.2) is 12.6 Å². The average molecular weight is 487 g/mol. The van der Waals surface area contributed by atoms with Crippen molar-refractivity contribution in [2.75, 3.05) is 61.5 Å². The van der Waals surface area contributed by atoms with Crippen LogP contribution in [-0.4, -0.2) is 98.5 Å². The molecule has 1 aliphatic rings. The zero-order chi connectivity index (χ0) is 24.8. The third-order valence-electron chi connectivity index (χ3n) is 5.44. The van der Waals surface area contributed by atoms with Crippen molar-refractivity contribution in [3.8, 4) is 0 Å².